The molecule has 1 aromatic heterocycles. The van der Waals surface area contributed by atoms with Gasteiger partial charge < -0.3 is 29.1 Å². The summed E-state index contributed by atoms with van der Waals surface area (Å²) in [6.45, 7) is 19.2. The highest BCUT2D eigenvalue weighted by Crippen LogP contribution is 2.39. The summed E-state index contributed by atoms with van der Waals surface area (Å²) in [5.41, 5.74) is 3.98. The average Bonchev–Trinajstić information content (AvgIpc) is 3.39. The van der Waals surface area contributed by atoms with E-state index in [-0.39, 0.29) is 41.9 Å². The smallest absolute Gasteiger partial charge is 0.410 e. The molecule has 12 heteroatoms. The molecular formula is C42H57FN6O5. The van der Waals surface area contributed by atoms with Crippen LogP contribution in [0.2, 0.25) is 0 Å². The first-order valence-corrected chi connectivity index (χ1v) is 18.9. The molecule has 292 valence electrons. The number of halogens is 1. The molecule has 3 amide bonds. The molecule has 0 saturated carbocycles. The minimum absolute atomic E-state index is 0.0282. The fourth-order valence-electron chi connectivity index (χ4n) is 7.00. The normalized spacial score (nSPS) is 20.1. The van der Waals surface area contributed by atoms with E-state index in [0.29, 0.717) is 45.2 Å². The SMILES string of the molecule is C[C@@H]1CN(C(=O)OCc2ccccc2)CCN1C.C[C@@H]1CN(CC(=O)N2CC(C)(C)c3ncc(Cc4ccc(F)cc4)cc32)CCN1C(=O)OC(C)(C)C. The second-order valence-electron chi connectivity index (χ2n) is 16.5. The lowest BCUT2D eigenvalue weighted by molar-refractivity contribution is -0.120. The Hall–Kier alpha value is -4.55. The molecule has 54 heavy (non-hydrogen) atoms. The zero-order chi connectivity index (χ0) is 39.2. The van der Waals surface area contributed by atoms with E-state index in [1.54, 1.807) is 21.9 Å². The number of nitrogens with zero attached hydrogens (tertiary/aromatic N) is 6. The third-order valence-corrected chi connectivity index (χ3v) is 10.2. The first kappa shape index (κ1) is 40.6. The van der Waals surface area contributed by atoms with E-state index >= 15 is 0 Å². The molecule has 0 aliphatic carbocycles. The van der Waals surface area contributed by atoms with E-state index in [1.807, 2.05) is 75.2 Å². The van der Waals surface area contributed by atoms with Crippen LogP contribution in [0.25, 0.3) is 0 Å². The molecule has 0 spiro atoms. The summed E-state index contributed by atoms with van der Waals surface area (Å²) in [6.07, 6.45) is 1.96. The third kappa shape index (κ3) is 10.8. The lowest BCUT2D eigenvalue weighted by atomic mass is 9.91. The summed E-state index contributed by atoms with van der Waals surface area (Å²) in [7, 11) is 2.08. The number of ether oxygens (including phenoxy) is 2. The fourth-order valence-corrected chi connectivity index (χ4v) is 7.00. The van der Waals surface area contributed by atoms with Gasteiger partial charge in [-0.25, -0.2) is 14.0 Å². The number of anilines is 1. The van der Waals surface area contributed by atoms with Crippen LogP contribution < -0.4 is 4.90 Å². The summed E-state index contributed by atoms with van der Waals surface area (Å²) in [6, 6.07) is 18.6. The number of carbonyl (C=O) groups excluding carboxylic acids is 3. The van der Waals surface area contributed by atoms with Crippen molar-refractivity contribution in [1.29, 1.82) is 0 Å². The standard InChI is InChI=1S/C28H37FN4O3.C14H20N2O2/c1-19-16-31(11-12-32(19)26(35)36-27(2,3)4)17-24(34)33-18-28(5,6)25-23(33)14-21(15-30-25)13-20-7-9-22(29)10-8-20;1-12-10-16(9-8-15(12)2)14(17)18-11-13-6-4-3-5-7-13/h7-10,14-15,19H,11-13,16-18H2,1-6H3;3-7,12H,8-11H2,1-2H3/t19-;12-/m11/s1. The molecule has 2 atom stereocenters. The van der Waals surface area contributed by atoms with Crippen LogP contribution in [0.1, 0.15) is 70.9 Å². The highest BCUT2D eigenvalue weighted by atomic mass is 19.1. The van der Waals surface area contributed by atoms with E-state index in [0.717, 1.165) is 47.7 Å². The van der Waals surface area contributed by atoms with E-state index in [9.17, 15) is 18.8 Å². The number of fused-ring (bicyclic) bond motifs is 1. The summed E-state index contributed by atoms with van der Waals surface area (Å²) in [5, 5.41) is 0. The zero-order valence-electron chi connectivity index (χ0n) is 33.2. The third-order valence-electron chi connectivity index (χ3n) is 10.2. The fraction of sp³-hybridized carbons (Fsp3) is 0.524. The first-order valence-electron chi connectivity index (χ1n) is 18.9. The van der Waals surface area contributed by atoms with Gasteiger partial charge in [0.15, 0.2) is 0 Å². The largest absolute Gasteiger partial charge is 0.445 e. The molecule has 6 rings (SSSR count). The van der Waals surface area contributed by atoms with Crippen molar-refractivity contribution in [2.45, 2.75) is 84.6 Å². The van der Waals surface area contributed by atoms with Crippen molar-refractivity contribution in [2.24, 2.45) is 0 Å². The minimum Gasteiger partial charge on any atom is -0.445 e. The Balaban J connectivity index is 0.000000260. The number of pyridine rings is 1. The Kier molecular flexibility index (Phi) is 13.0. The second-order valence-corrected chi connectivity index (χ2v) is 16.5. The molecule has 2 aromatic carbocycles. The summed E-state index contributed by atoms with van der Waals surface area (Å²) in [4.78, 5) is 52.4. The van der Waals surface area contributed by atoms with E-state index in [4.69, 9.17) is 14.5 Å². The Labute approximate surface area is 320 Å². The topological polar surface area (TPSA) is 98.8 Å². The number of hydrogen-bond acceptors (Lipinski definition) is 8. The van der Waals surface area contributed by atoms with Gasteiger partial charge in [-0.2, -0.15) is 0 Å². The molecule has 4 heterocycles. The van der Waals surface area contributed by atoms with E-state index in [2.05, 4.69) is 37.6 Å². The number of benzene rings is 2. The van der Waals surface area contributed by atoms with Gasteiger partial charge in [-0.1, -0.05) is 56.3 Å². The predicted molar refractivity (Wildman–Crippen MR) is 208 cm³/mol. The summed E-state index contributed by atoms with van der Waals surface area (Å²) >= 11 is 0. The van der Waals surface area contributed by atoms with Crippen molar-refractivity contribution in [3.63, 3.8) is 0 Å². The van der Waals surface area contributed by atoms with Crippen LogP contribution in [0, 0.1) is 5.82 Å². The molecule has 0 N–H and O–H groups in total. The number of piperazine rings is 2. The van der Waals surface area contributed by atoms with Crippen molar-refractivity contribution in [3.8, 4) is 0 Å². The number of aromatic nitrogens is 1. The average molecular weight is 745 g/mol. The maximum atomic E-state index is 13.5. The van der Waals surface area contributed by atoms with Gasteiger partial charge in [0.05, 0.1) is 17.9 Å². The predicted octanol–water partition coefficient (Wildman–Crippen LogP) is 6.34. The first-order chi connectivity index (χ1) is 25.5. The number of hydrogen-bond donors (Lipinski definition) is 0. The van der Waals surface area contributed by atoms with Gasteiger partial charge in [-0.3, -0.25) is 14.7 Å². The van der Waals surface area contributed by atoms with Gasteiger partial charge in [0.2, 0.25) is 5.91 Å². The molecular weight excluding hydrogens is 687 g/mol. The molecule has 3 aliphatic rings. The van der Waals surface area contributed by atoms with Gasteiger partial charge in [-0.05, 0) is 83.0 Å². The highest BCUT2D eigenvalue weighted by Gasteiger charge is 2.40. The minimum atomic E-state index is -0.538. The number of carbonyl (C=O) groups is 3. The van der Waals surface area contributed by atoms with Gasteiger partial charge in [-0.15, -0.1) is 0 Å². The highest BCUT2D eigenvalue weighted by molar-refractivity contribution is 5.97. The maximum Gasteiger partial charge on any atom is 0.410 e. The molecule has 11 nitrogen and oxygen atoms in total. The van der Waals surface area contributed by atoms with Gasteiger partial charge >= 0.3 is 12.2 Å². The van der Waals surface area contributed by atoms with Gasteiger partial charge in [0.25, 0.3) is 0 Å². The Bertz CT molecular complexity index is 1750. The van der Waals surface area contributed by atoms with Crippen molar-refractivity contribution >= 4 is 23.8 Å². The van der Waals surface area contributed by atoms with Crippen LogP contribution in [0.3, 0.4) is 0 Å². The van der Waals surface area contributed by atoms with Crippen LogP contribution in [0.5, 0.6) is 0 Å². The van der Waals surface area contributed by atoms with Crippen LogP contribution in [-0.4, -0.2) is 120 Å². The van der Waals surface area contributed by atoms with Crippen molar-refractivity contribution in [2.75, 3.05) is 64.3 Å². The zero-order valence-corrected chi connectivity index (χ0v) is 33.2. The van der Waals surface area contributed by atoms with Crippen LogP contribution >= 0.6 is 0 Å². The molecule has 2 saturated heterocycles. The Morgan fingerprint density at radius 1 is 0.870 bits per heavy atom. The monoisotopic (exact) mass is 744 g/mol. The maximum absolute atomic E-state index is 13.5. The van der Waals surface area contributed by atoms with E-state index in [1.165, 1.54) is 12.1 Å². The molecule has 3 aliphatic heterocycles. The van der Waals surface area contributed by atoms with Crippen molar-refractivity contribution in [1.82, 2.24) is 24.6 Å². The summed E-state index contributed by atoms with van der Waals surface area (Å²) in [5.74, 6) is -0.230. The van der Waals surface area contributed by atoms with Crippen LogP contribution in [-0.2, 0) is 32.7 Å². The van der Waals surface area contributed by atoms with Gasteiger partial charge in [0.1, 0.15) is 18.0 Å². The lowest BCUT2D eigenvalue weighted by Gasteiger charge is -2.40. The van der Waals surface area contributed by atoms with E-state index < -0.39 is 5.60 Å². The molecule has 0 bridgehead atoms. The van der Waals surface area contributed by atoms with Crippen molar-refractivity contribution in [3.05, 3.63) is 95.1 Å². The van der Waals surface area contributed by atoms with Gasteiger partial charge in [0, 0.05) is 69.5 Å². The Morgan fingerprint density at radius 3 is 2.22 bits per heavy atom. The quantitative estimate of drug-likeness (QED) is 0.289. The van der Waals surface area contributed by atoms with Crippen molar-refractivity contribution < 1.29 is 28.2 Å². The number of rotatable bonds is 6. The molecule has 0 radical (unpaired) electrons. The number of amides is 3. The summed E-state index contributed by atoms with van der Waals surface area (Å²) < 4.78 is 24.1. The van der Waals surface area contributed by atoms with Crippen LogP contribution in [0.15, 0.2) is 66.9 Å². The molecule has 3 aromatic rings. The molecule has 0 unspecified atom stereocenters. The Morgan fingerprint density at radius 2 is 1.57 bits per heavy atom. The number of likely N-dealkylation sites (N-methyl/N-ethyl adjacent to an activating group) is 1. The second kappa shape index (κ2) is 17.3. The lowest BCUT2D eigenvalue weighted by Crippen LogP contribution is -2.56. The molecule has 2 fully saturated rings. The van der Waals surface area contributed by atoms with Crippen LogP contribution in [0.4, 0.5) is 19.7 Å².